The molecule has 1 aromatic carbocycles. The molecule has 2 heteroatoms. The zero-order valence-electron chi connectivity index (χ0n) is 9.79. The fourth-order valence-corrected chi connectivity index (χ4v) is 2.33. The van der Waals surface area contributed by atoms with E-state index in [1.165, 1.54) is 22.3 Å². The third-order valence-corrected chi connectivity index (χ3v) is 2.71. The van der Waals surface area contributed by atoms with Gasteiger partial charge in [0.1, 0.15) is 0 Å². The van der Waals surface area contributed by atoms with E-state index in [1.807, 2.05) is 20.8 Å². The number of carboxylic acids is 1. The summed E-state index contributed by atoms with van der Waals surface area (Å²) in [4.78, 5) is 10.7. The van der Waals surface area contributed by atoms with Gasteiger partial charge in [-0.25, -0.2) is 0 Å². The standard InChI is InChI=1S/C13H18O2/c1-8-5-9(2)13(10(3)6-8)11(4)7-12(14)15/h5-6,11H,7H2,1-4H3,(H,14,15). The first kappa shape index (κ1) is 11.8. The molecule has 15 heavy (non-hydrogen) atoms. The molecule has 0 saturated heterocycles. The average Bonchev–Trinajstić information content (AvgIpc) is 1.99. The number of aryl methyl sites for hydroxylation is 3. The van der Waals surface area contributed by atoms with Crippen molar-refractivity contribution < 1.29 is 9.90 Å². The molecule has 2 nitrogen and oxygen atoms in total. The summed E-state index contributed by atoms with van der Waals surface area (Å²) in [6.45, 7) is 8.13. The minimum absolute atomic E-state index is 0.0862. The van der Waals surface area contributed by atoms with E-state index in [0.29, 0.717) is 0 Å². The van der Waals surface area contributed by atoms with Gasteiger partial charge in [0, 0.05) is 0 Å². The summed E-state index contributed by atoms with van der Waals surface area (Å²) in [5.41, 5.74) is 4.81. The van der Waals surface area contributed by atoms with Gasteiger partial charge in [-0.3, -0.25) is 4.79 Å². The molecule has 0 bridgehead atoms. The highest BCUT2D eigenvalue weighted by atomic mass is 16.4. The molecule has 1 rings (SSSR count). The molecule has 1 N–H and O–H groups in total. The van der Waals surface area contributed by atoms with Crippen molar-refractivity contribution in [1.29, 1.82) is 0 Å². The quantitative estimate of drug-likeness (QED) is 0.824. The van der Waals surface area contributed by atoms with Crippen LogP contribution < -0.4 is 0 Å². The molecular formula is C13H18O2. The molecule has 0 saturated carbocycles. The number of hydrogen-bond donors (Lipinski definition) is 1. The predicted molar refractivity (Wildman–Crippen MR) is 61.3 cm³/mol. The summed E-state index contributed by atoms with van der Waals surface area (Å²) in [7, 11) is 0. The molecule has 0 aliphatic rings. The molecule has 0 aromatic heterocycles. The van der Waals surface area contributed by atoms with Crippen LogP contribution in [-0.4, -0.2) is 11.1 Å². The van der Waals surface area contributed by atoms with E-state index in [1.54, 1.807) is 0 Å². The summed E-state index contributed by atoms with van der Waals surface area (Å²) in [6.07, 6.45) is 0.199. The largest absolute Gasteiger partial charge is 0.481 e. The van der Waals surface area contributed by atoms with E-state index in [0.717, 1.165) is 0 Å². The molecule has 0 aliphatic heterocycles. The van der Waals surface area contributed by atoms with Gasteiger partial charge in [0.2, 0.25) is 0 Å². The van der Waals surface area contributed by atoms with Crippen molar-refractivity contribution in [3.8, 4) is 0 Å². The lowest BCUT2D eigenvalue weighted by Gasteiger charge is -2.16. The maximum absolute atomic E-state index is 10.7. The smallest absolute Gasteiger partial charge is 0.303 e. The molecular weight excluding hydrogens is 188 g/mol. The van der Waals surface area contributed by atoms with Gasteiger partial charge in [-0.05, 0) is 43.4 Å². The van der Waals surface area contributed by atoms with Crippen molar-refractivity contribution in [1.82, 2.24) is 0 Å². The van der Waals surface area contributed by atoms with Crippen molar-refractivity contribution in [3.63, 3.8) is 0 Å². The highest BCUT2D eigenvalue weighted by Crippen LogP contribution is 2.27. The van der Waals surface area contributed by atoms with Crippen LogP contribution in [0.25, 0.3) is 0 Å². The lowest BCUT2D eigenvalue weighted by atomic mass is 9.89. The Labute approximate surface area is 90.9 Å². The van der Waals surface area contributed by atoms with Crippen LogP contribution in [0.1, 0.15) is 41.5 Å². The Morgan fingerprint density at radius 2 is 1.73 bits per heavy atom. The topological polar surface area (TPSA) is 37.3 Å². The second-order valence-corrected chi connectivity index (χ2v) is 4.31. The normalized spacial score (nSPS) is 12.5. The molecule has 0 amide bonds. The van der Waals surface area contributed by atoms with Crippen LogP contribution in [0.5, 0.6) is 0 Å². The average molecular weight is 206 g/mol. The third-order valence-electron chi connectivity index (χ3n) is 2.71. The number of carboxylic acid groups (broad SMARTS) is 1. The predicted octanol–water partition coefficient (Wildman–Crippen LogP) is 3.19. The molecule has 82 valence electrons. The minimum atomic E-state index is -0.734. The molecule has 0 aliphatic carbocycles. The van der Waals surface area contributed by atoms with Crippen LogP contribution in [0.2, 0.25) is 0 Å². The van der Waals surface area contributed by atoms with Crippen molar-refractivity contribution in [2.24, 2.45) is 0 Å². The number of benzene rings is 1. The van der Waals surface area contributed by atoms with E-state index in [4.69, 9.17) is 5.11 Å². The Balaban J connectivity index is 3.08. The van der Waals surface area contributed by atoms with Crippen molar-refractivity contribution in [2.45, 2.75) is 40.0 Å². The fourth-order valence-electron chi connectivity index (χ4n) is 2.33. The zero-order valence-corrected chi connectivity index (χ0v) is 9.79. The van der Waals surface area contributed by atoms with Crippen molar-refractivity contribution in [2.75, 3.05) is 0 Å². The van der Waals surface area contributed by atoms with Crippen molar-refractivity contribution >= 4 is 5.97 Å². The SMILES string of the molecule is Cc1cc(C)c(C(C)CC(=O)O)c(C)c1. The van der Waals surface area contributed by atoms with Gasteiger partial charge in [-0.2, -0.15) is 0 Å². The Morgan fingerprint density at radius 3 is 2.13 bits per heavy atom. The van der Waals surface area contributed by atoms with E-state index in [9.17, 15) is 4.79 Å². The number of aliphatic carboxylic acids is 1. The molecule has 1 atom stereocenters. The van der Waals surface area contributed by atoms with Gasteiger partial charge in [-0.15, -0.1) is 0 Å². The Bertz CT molecular complexity index is 357. The fraction of sp³-hybridized carbons (Fsp3) is 0.462. The monoisotopic (exact) mass is 206 g/mol. The van der Waals surface area contributed by atoms with Gasteiger partial charge in [-0.1, -0.05) is 24.6 Å². The molecule has 0 heterocycles. The Hall–Kier alpha value is -1.31. The van der Waals surface area contributed by atoms with Crippen LogP contribution >= 0.6 is 0 Å². The van der Waals surface area contributed by atoms with Crippen LogP contribution in [0.3, 0.4) is 0 Å². The van der Waals surface area contributed by atoms with E-state index >= 15 is 0 Å². The van der Waals surface area contributed by atoms with E-state index in [-0.39, 0.29) is 12.3 Å². The number of rotatable bonds is 3. The van der Waals surface area contributed by atoms with Crippen LogP contribution in [0, 0.1) is 20.8 Å². The summed E-state index contributed by atoms with van der Waals surface area (Å²) in [5.74, 6) is -0.648. The summed E-state index contributed by atoms with van der Waals surface area (Å²) in [6, 6.07) is 4.22. The summed E-state index contributed by atoms with van der Waals surface area (Å²) >= 11 is 0. The summed E-state index contributed by atoms with van der Waals surface area (Å²) in [5, 5.41) is 8.78. The maximum Gasteiger partial charge on any atom is 0.303 e. The summed E-state index contributed by atoms with van der Waals surface area (Å²) < 4.78 is 0. The lowest BCUT2D eigenvalue weighted by Crippen LogP contribution is -2.06. The first-order valence-electron chi connectivity index (χ1n) is 5.21. The molecule has 1 aromatic rings. The molecule has 0 fully saturated rings. The third kappa shape index (κ3) is 2.82. The maximum atomic E-state index is 10.7. The zero-order chi connectivity index (χ0) is 11.6. The van der Waals surface area contributed by atoms with Crippen LogP contribution in [0.4, 0.5) is 0 Å². The van der Waals surface area contributed by atoms with Gasteiger partial charge in [0.15, 0.2) is 0 Å². The van der Waals surface area contributed by atoms with Crippen LogP contribution in [0.15, 0.2) is 12.1 Å². The first-order valence-corrected chi connectivity index (χ1v) is 5.21. The van der Waals surface area contributed by atoms with Crippen LogP contribution in [-0.2, 0) is 4.79 Å². The first-order chi connectivity index (χ1) is 6.91. The van der Waals surface area contributed by atoms with E-state index < -0.39 is 5.97 Å². The highest BCUT2D eigenvalue weighted by molar-refractivity contribution is 5.68. The van der Waals surface area contributed by atoms with Gasteiger partial charge >= 0.3 is 5.97 Å². The van der Waals surface area contributed by atoms with Gasteiger partial charge < -0.3 is 5.11 Å². The lowest BCUT2D eigenvalue weighted by molar-refractivity contribution is -0.137. The second kappa shape index (κ2) is 4.47. The van der Waals surface area contributed by atoms with E-state index in [2.05, 4.69) is 19.1 Å². The van der Waals surface area contributed by atoms with Gasteiger partial charge in [0.25, 0.3) is 0 Å². The molecule has 1 unspecified atom stereocenters. The molecule has 0 spiro atoms. The van der Waals surface area contributed by atoms with Crippen molar-refractivity contribution in [3.05, 3.63) is 34.4 Å². The second-order valence-electron chi connectivity index (χ2n) is 4.31. The molecule has 0 radical (unpaired) electrons. The Morgan fingerprint density at radius 1 is 1.27 bits per heavy atom. The highest BCUT2D eigenvalue weighted by Gasteiger charge is 2.14. The minimum Gasteiger partial charge on any atom is -0.481 e. The van der Waals surface area contributed by atoms with Gasteiger partial charge in [0.05, 0.1) is 6.42 Å². The number of hydrogen-bond acceptors (Lipinski definition) is 1. The number of carbonyl (C=O) groups is 1. The Kier molecular flexibility index (Phi) is 3.51.